The Balaban J connectivity index is 3.37. The number of nitrogens with zero attached hydrogens (tertiary/aromatic N) is 1. The van der Waals surface area contributed by atoms with E-state index in [9.17, 15) is 4.21 Å². The Labute approximate surface area is 78.3 Å². The van der Waals surface area contributed by atoms with E-state index in [1.54, 1.807) is 18.3 Å². The quantitative estimate of drug-likeness (QED) is 0.756. The maximum atomic E-state index is 11.3. The van der Waals surface area contributed by atoms with E-state index in [1.807, 2.05) is 13.8 Å². The molecule has 0 saturated carbocycles. The van der Waals surface area contributed by atoms with Gasteiger partial charge in [-0.1, -0.05) is 13.8 Å². The van der Waals surface area contributed by atoms with Gasteiger partial charge < -0.3 is 0 Å². The van der Waals surface area contributed by atoms with Crippen LogP contribution in [0, 0.1) is 4.78 Å². The van der Waals surface area contributed by atoms with Gasteiger partial charge in [-0.05, 0) is 18.1 Å². The van der Waals surface area contributed by atoms with Gasteiger partial charge in [-0.3, -0.25) is 4.98 Å². The number of rotatable bonds is 2. The third-order valence-corrected chi connectivity index (χ3v) is 2.67. The molecule has 1 atom stereocenters. The third kappa shape index (κ3) is 2.26. The molecular formula is C8H13N3OS. The summed E-state index contributed by atoms with van der Waals surface area (Å²) in [5.74, 6) is 0.130. The van der Waals surface area contributed by atoms with Crippen LogP contribution >= 0.6 is 0 Å². The Morgan fingerprint density at radius 3 is 2.62 bits per heavy atom. The first-order valence-electron chi connectivity index (χ1n) is 3.94. The molecule has 1 unspecified atom stereocenters. The van der Waals surface area contributed by atoms with Crippen molar-refractivity contribution in [2.75, 3.05) is 0 Å². The van der Waals surface area contributed by atoms with Crippen LogP contribution in [-0.2, 0) is 9.92 Å². The largest absolute Gasteiger partial charge is 0.260 e. The molecule has 0 amide bonds. The van der Waals surface area contributed by atoms with Gasteiger partial charge in [-0.25, -0.2) is 14.1 Å². The minimum absolute atomic E-state index is 0.130. The molecule has 0 spiro atoms. The molecule has 1 heterocycles. The summed E-state index contributed by atoms with van der Waals surface area (Å²) in [6.45, 7) is 3.86. The molecule has 1 aromatic heterocycles. The van der Waals surface area contributed by atoms with Crippen LogP contribution in [0.3, 0.4) is 0 Å². The molecule has 1 aromatic rings. The summed E-state index contributed by atoms with van der Waals surface area (Å²) in [4.78, 5) is 4.40. The highest BCUT2D eigenvalue weighted by molar-refractivity contribution is 7.90. The summed E-state index contributed by atoms with van der Waals surface area (Å²) < 4.78 is 18.6. The average Bonchev–Trinajstić information content (AvgIpc) is 2.03. The summed E-state index contributed by atoms with van der Waals surface area (Å²) in [6.07, 6.45) is 1.62. The number of nitrogens with two attached hydrogens (primary N) is 1. The van der Waals surface area contributed by atoms with E-state index in [0.717, 1.165) is 0 Å². The van der Waals surface area contributed by atoms with Gasteiger partial charge in [-0.15, -0.1) is 0 Å². The van der Waals surface area contributed by atoms with E-state index in [4.69, 9.17) is 9.92 Å². The SMILES string of the molecule is CC(C)c1ncccc1S(=N)(N)=O. The Morgan fingerprint density at radius 2 is 2.23 bits per heavy atom. The van der Waals surface area contributed by atoms with Crippen molar-refractivity contribution < 1.29 is 4.21 Å². The van der Waals surface area contributed by atoms with Crippen molar-refractivity contribution in [2.24, 2.45) is 5.14 Å². The molecule has 3 N–H and O–H groups in total. The Kier molecular flexibility index (Phi) is 2.68. The molecule has 0 aliphatic heterocycles. The molecule has 0 bridgehead atoms. The third-order valence-electron chi connectivity index (χ3n) is 1.67. The van der Waals surface area contributed by atoms with Crippen molar-refractivity contribution in [2.45, 2.75) is 24.7 Å². The first kappa shape index (κ1) is 10.1. The predicted molar refractivity (Wildman–Crippen MR) is 51.6 cm³/mol. The summed E-state index contributed by atoms with van der Waals surface area (Å²) in [6, 6.07) is 3.24. The van der Waals surface area contributed by atoms with Gasteiger partial charge in [0.05, 0.1) is 10.6 Å². The van der Waals surface area contributed by atoms with Crippen LogP contribution in [0.25, 0.3) is 0 Å². The van der Waals surface area contributed by atoms with Crippen molar-refractivity contribution in [3.63, 3.8) is 0 Å². The van der Waals surface area contributed by atoms with Gasteiger partial charge in [-0.2, -0.15) is 0 Å². The fourth-order valence-corrected chi connectivity index (χ4v) is 1.97. The van der Waals surface area contributed by atoms with E-state index in [0.29, 0.717) is 10.6 Å². The standard InChI is InChI=1S/C8H13N3OS/c1-6(2)8-7(13(9,10)12)4-3-5-11-8/h3-6H,1-2H3,(H3,9,10,12). The maximum Gasteiger partial charge on any atom is 0.133 e. The van der Waals surface area contributed by atoms with Crippen LogP contribution in [0.5, 0.6) is 0 Å². The monoisotopic (exact) mass is 199 g/mol. The highest BCUT2D eigenvalue weighted by atomic mass is 32.2. The number of hydrogen-bond acceptors (Lipinski definition) is 3. The predicted octanol–water partition coefficient (Wildman–Crippen LogP) is 1.48. The zero-order chi connectivity index (χ0) is 10.1. The lowest BCUT2D eigenvalue weighted by molar-refractivity contribution is 0.671. The lowest BCUT2D eigenvalue weighted by Gasteiger charge is -2.10. The first-order chi connectivity index (χ1) is 5.93. The van der Waals surface area contributed by atoms with Gasteiger partial charge >= 0.3 is 0 Å². The number of pyridine rings is 1. The van der Waals surface area contributed by atoms with Crippen molar-refractivity contribution in [1.29, 1.82) is 4.78 Å². The molecule has 0 saturated heterocycles. The van der Waals surface area contributed by atoms with Crippen LogP contribution < -0.4 is 5.14 Å². The molecule has 5 heteroatoms. The lowest BCUT2D eigenvalue weighted by atomic mass is 10.1. The zero-order valence-corrected chi connectivity index (χ0v) is 8.47. The van der Waals surface area contributed by atoms with E-state index in [-0.39, 0.29) is 5.92 Å². The van der Waals surface area contributed by atoms with Gasteiger partial charge in [0, 0.05) is 6.20 Å². The molecule has 1 rings (SSSR count). The van der Waals surface area contributed by atoms with Gasteiger partial charge in [0.1, 0.15) is 9.92 Å². The van der Waals surface area contributed by atoms with Crippen LogP contribution in [0.15, 0.2) is 23.2 Å². The normalized spacial score (nSPS) is 15.7. The molecule has 0 aliphatic rings. The van der Waals surface area contributed by atoms with E-state index >= 15 is 0 Å². The first-order valence-corrected chi connectivity index (χ1v) is 5.56. The van der Waals surface area contributed by atoms with Gasteiger partial charge in [0.2, 0.25) is 0 Å². The molecule has 13 heavy (non-hydrogen) atoms. The number of hydrogen-bond donors (Lipinski definition) is 2. The van der Waals surface area contributed by atoms with Crippen LogP contribution in [0.2, 0.25) is 0 Å². The molecule has 0 fully saturated rings. The van der Waals surface area contributed by atoms with Crippen molar-refractivity contribution in [3.05, 3.63) is 24.0 Å². The molecule has 72 valence electrons. The summed E-state index contributed by atoms with van der Waals surface area (Å²) in [5.41, 5.74) is 0.644. The molecule has 4 nitrogen and oxygen atoms in total. The van der Waals surface area contributed by atoms with E-state index < -0.39 is 9.92 Å². The lowest BCUT2D eigenvalue weighted by Crippen LogP contribution is -2.14. The minimum Gasteiger partial charge on any atom is -0.260 e. The van der Waals surface area contributed by atoms with Crippen molar-refractivity contribution >= 4 is 9.92 Å². The average molecular weight is 199 g/mol. The fraction of sp³-hybridized carbons (Fsp3) is 0.375. The molecule has 0 aliphatic carbocycles. The van der Waals surface area contributed by atoms with Gasteiger partial charge in [0.15, 0.2) is 0 Å². The van der Waals surface area contributed by atoms with Crippen LogP contribution in [0.4, 0.5) is 0 Å². The molecule has 0 radical (unpaired) electrons. The second kappa shape index (κ2) is 3.43. The van der Waals surface area contributed by atoms with Crippen LogP contribution in [-0.4, -0.2) is 9.19 Å². The topological polar surface area (TPSA) is 79.8 Å². The van der Waals surface area contributed by atoms with Crippen molar-refractivity contribution in [1.82, 2.24) is 4.98 Å². The summed E-state index contributed by atoms with van der Waals surface area (Å²) in [5, 5.41) is 5.25. The second-order valence-corrected chi connectivity index (χ2v) is 4.78. The Bertz CT molecular complexity index is 398. The van der Waals surface area contributed by atoms with E-state index in [1.165, 1.54) is 0 Å². The van der Waals surface area contributed by atoms with Crippen molar-refractivity contribution in [3.8, 4) is 0 Å². The summed E-state index contributed by atoms with van der Waals surface area (Å²) >= 11 is 0. The Hall–Kier alpha value is -0.940. The number of nitrogens with one attached hydrogen (secondary N) is 1. The molecular weight excluding hydrogens is 186 g/mol. The zero-order valence-electron chi connectivity index (χ0n) is 7.65. The van der Waals surface area contributed by atoms with E-state index in [2.05, 4.69) is 4.98 Å². The molecule has 0 aromatic carbocycles. The number of aromatic nitrogens is 1. The second-order valence-electron chi connectivity index (χ2n) is 3.14. The highest BCUT2D eigenvalue weighted by Gasteiger charge is 2.13. The minimum atomic E-state index is -3.14. The Morgan fingerprint density at radius 1 is 1.62 bits per heavy atom. The fourth-order valence-electron chi connectivity index (χ4n) is 1.09. The maximum absolute atomic E-state index is 11.3. The summed E-state index contributed by atoms with van der Waals surface area (Å²) in [7, 11) is -3.14. The smallest absolute Gasteiger partial charge is 0.133 e. The van der Waals surface area contributed by atoms with Gasteiger partial charge in [0.25, 0.3) is 0 Å². The highest BCUT2D eigenvalue weighted by Crippen LogP contribution is 2.19. The van der Waals surface area contributed by atoms with Crippen LogP contribution in [0.1, 0.15) is 25.5 Å².